The van der Waals surface area contributed by atoms with Gasteiger partial charge in [0.25, 0.3) is 5.56 Å². The predicted octanol–water partition coefficient (Wildman–Crippen LogP) is 2.85. The highest BCUT2D eigenvalue weighted by Crippen LogP contribution is 2.29. The maximum atomic E-state index is 11.1. The lowest BCUT2D eigenvalue weighted by Crippen LogP contribution is -2.05. The topological polar surface area (TPSA) is 45.8 Å². The molecule has 3 nitrogen and oxygen atoms in total. The zero-order valence-electron chi connectivity index (χ0n) is 7.50. The number of halogens is 2. The molecule has 0 aliphatic rings. The molecule has 15 heavy (non-hydrogen) atoms. The maximum Gasteiger partial charge on any atom is 0.264 e. The predicted molar refractivity (Wildman–Crippen MR) is 63.0 cm³/mol. The number of hydrogen-bond acceptors (Lipinski definition) is 2. The second kappa shape index (κ2) is 4.16. The van der Waals surface area contributed by atoms with Crippen LogP contribution in [0.4, 0.5) is 0 Å². The zero-order chi connectivity index (χ0) is 10.8. The molecule has 1 heterocycles. The molecule has 2 aromatic rings. The van der Waals surface area contributed by atoms with Crippen LogP contribution in [0.25, 0.3) is 11.1 Å². The molecule has 0 aliphatic heterocycles. The molecule has 5 heteroatoms. The summed E-state index contributed by atoms with van der Waals surface area (Å²) in [7, 11) is 0. The van der Waals surface area contributed by atoms with Gasteiger partial charge in [0.2, 0.25) is 0 Å². The minimum absolute atomic E-state index is 0.237. The smallest absolute Gasteiger partial charge is 0.264 e. The lowest BCUT2D eigenvalue weighted by Gasteiger charge is -2.03. The summed E-state index contributed by atoms with van der Waals surface area (Å²) in [6.07, 6.45) is 1.58. The van der Waals surface area contributed by atoms with E-state index in [-0.39, 0.29) is 5.56 Å². The van der Waals surface area contributed by atoms with E-state index in [4.69, 9.17) is 11.6 Å². The number of hydrogen-bond donors (Lipinski definition) is 1. The molecule has 0 atom stereocenters. The Hall–Kier alpha value is -1.13. The molecule has 0 bridgehead atoms. The number of aromatic nitrogens is 2. The van der Waals surface area contributed by atoms with E-state index in [1.807, 2.05) is 6.07 Å². The van der Waals surface area contributed by atoms with Crippen molar-refractivity contribution in [1.82, 2.24) is 10.2 Å². The third-order valence-electron chi connectivity index (χ3n) is 1.90. The van der Waals surface area contributed by atoms with Crippen molar-refractivity contribution in [3.63, 3.8) is 0 Å². The van der Waals surface area contributed by atoms with Gasteiger partial charge in [-0.05, 0) is 23.8 Å². The van der Waals surface area contributed by atoms with Crippen LogP contribution in [0.15, 0.2) is 39.7 Å². The Morgan fingerprint density at radius 3 is 2.87 bits per heavy atom. The van der Waals surface area contributed by atoms with Gasteiger partial charge in [0.15, 0.2) is 0 Å². The van der Waals surface area contributed by atoms with Crippen LogP contribution in [0.5, 0.6) is 0 Å². The standard InChI is InChI=1S/C10H6BrClN2O/c11-9-2-1-7(12)4-8(9)6-3-10(15)14-13-5-6/h1-5H,(H,14,15). The lowest BCUT2D eigenvalue weighted by molar-refractivity contribution is 0.991. The number of aromatic amines is 1. The first-order chi connectivity index (χ1) is 7.16. The van der Waals surface area contributed by atoms with Crippen molar-refractivity contribution in [2.75, 3.05) is 0 Å². The average molecular weight is 286 g/mol. The van der Waals surface area contributed by atoms with Crippen LogP contribution in [0.2, 0.25) is 5.02 Å². The Bertz CT molecular complexity index is 553. The molecule has 0 saturated heterocycles. The first-order valence-corrected chi connectivity index (χ1v) is 5.34. The van der Waals surface area contributed by atoms with Gasteiger partial charge in [0.1, 0.15) is 0 Å². The largest absolute Gasteiger partial charge is 0.268 e. The summed E-state index contributed by atoms with van der Waals surface area (Å²) in [4.78, 5) is 11.1. The maximum absolute atomic E-state index is 11.1. The van der Waals surface area contributed by atoms with Crippen LogP contribution in [0.3, 0.4) is 0 Å². The molecule has 0 unspecified atom stereocenters. The van der Waals surface area contributed by atoms with Gasteiger partial charge in [-0.2, -0.15) is 5.10 Å². The lowest BCUT2D eigenvalue weighted by atomic mass is 10.1. The van der Waals surface area contributed by atoms with Crippen molar-refractivity contribution in [2.45, 2.75) is 0 Å². The Kier molecular flexibility index (Phi) is 2.88. The molecule has 2 rings (SSSR count). The first kappa shape index (κ1) is 10.4. The summed E-state index contributed by atoms with van der Waals surface area (Å²) in [5.41, 5.74) is 1.34. The van der Waals surface area contributed by atoms with E-state index in [2.05, 4.69) is 26.1 Å². The van der Waals surface area contributed by atoms with Crippen molar-refractivity contribution in [1.29, 1.82) is 0 Å². The van der Waals surface area contributed by atoms with E-state index in [0.29, 0.717) is 5.02 Å². The molecular weight excluding hydrogens is 279 g/mol. The van der Waals surface area contributed by atoms with Crippen LogP contribution < -0.4 is 5.56 Å². The molecule has 0 saturated carbocycles. The monoisotopic (exact) mass is 284 g/mol. The Balaban J connectivity index is 2.63. The fraction of sp³-hybridized carbons (Fsp3) is 0. The van der Waals surface area contributed by atoms with Crippen molar-refractivity contribution >= 4 is 27.5 Å². The summed E-state index contributed by atoms with van der Waals surface area (Å²) in [5.74, 6) is 0. The molecular formula is C10H6BrClN2O. The highest BCUT2D eigenvalue weighted by Gasteiger charge is 2.04. The second-order valence-corrected chi connectivity index (χ2v) is 4.25. The van der Waals surface area contributed by atoms with Crippen LogP contribution in [-0.4, -0.2) is 10.2 Å². The fourth-order valence-corrected chi connectivity index (χ4v) is 1.89. The normalized spacial score (nSPS) is 10.3. The Labute approximate surface area is 99.2 Å². The quantitative estimate of drug-likeness (QED) is 0.876. The molecule has 1 aromatic heterocycles. The van der Waals surface area contributed by atoms with Crippen LogP contribution in [0, 0.1) is 0 Å². The summed E-state index contributed by atoms with van der Waals surface area (Å²) in [5, 5.41) is 6.67. The summed E-state index contributed by atoms with van der Waals surface area (Å²) in [6, 6.07) is 6.86. The van der Waals surface area contributed by atoms with Gasteiger partial charge in [0.05, 0.1) is 6.20 Å². The van der Waals surface area contributed by atoms with Crippen molar-refractivity contribution in [2.24, 2.45) is 0 Å². The van der Waals surface area contributed by atoms with Crippen LogP contribution in [-0.2, 0) is 0 Å². The van der Waals surface area contributed by atoms with Gasteiger partial charge in [-0.25, -0.2) is 5.10 Å². The first-order valence-electron chi connectivity index (χ1n) is 4.17. The van der Waals surface area contributed by atoms with E-state index >= 15 is 0 Å². The van der Waals surface area contributed by atoms with Gasteiger partial charge in [-0.1, -0.05) is 27.5 Å². The number of nitrogens with zero attached hydrogens (tertiary/aromatic N) is 1. The van der Waals surface area contributed by atoms with Gasteiger partial charge >= 0.3 is 0 Å². The van der Waals surface area contributed by atoms with Gasteiger partial charge in [-0.15, -0.1) is 0 Å². The molecule has 0 radical (unpaired) electrons. The third-order valence-corrected chi connectivity index (χ3v) is 2.83. The number of rotatable bonds is 1. The Morgan fingerprint density at radius 2 is 2.13 bits per heavy atom. The molecule has 0 fully saturated rings. The molecule has 0 aliphatic carbocycles. The number of H-pyrrole nitrogens is 1. The van der Waals surface area contributed by atoms with Crippen molar-refractivity contribution in [3.05, 3.63) is 50.3 Å². The number of nitrogens with one attached hydrogen (secondary N) is 1. The highest BCUT2D eigenvalue weighted by molar-refractivity contribution is 9.10. The summed E-state index contributed by atoms with van der Waals surface area (Å²) < 4.78 is 0.874. The van der Waals surface area contributed by atoms with Crippen molar-refractivity contribution < 1.29 is 0 Å². The zero-order valence-corrected chi connectivity index (χ0v) is 9.84. The molecule has 1 N–H and O–H groups in total. The average Bonchev–Trinajstić information content (AvgIpc) is 2.22. The van der Waals surface area contributed by atoms with E-state index < -0.39 is 0 Å². The second-order valence-electron chi connectivity index (χ2n) is 2.96. The summed E-state index contributed by atoms with van der Waals surface area (Å²) in [6.45, 7) is 0. The SMILES string of the molecule is O=c1cc(-c2cc(Cl)ccc2Br)cn[nH]1. The fourth-order valence-electron chi connectivity index (χ4n) is 1.24. The van der Waals surface area contributed by atoms with E-state index in [1.54, 1.807) is 18.3 Å². The van der Waals surface area contributed by atoms with Gasteiger partial charge in [-0.3, -0.25) is 4.79 Å². The van der Waals surface area contributed by atoms with Gasteiger partial charge < -0.3 is 0 Å². The highest BCUT2D eigenvalue weighted by atomic mass is 79.9. The Morgan fingerprint density at radius 1 is 1.33 bits per heavy atom. The summed E-state index contributed by atoms with van der Waals surface area (Å²) >= 11 is 9.27. The number of benzene rings is 1. The molecule has 0 amide bonds. The van der Waals surface area contributed by atoms with E-state index in [9.17, 15) is 4.79 Å². The van der Waals surface area contributed by atoms with Gasteiger partial charge in [0, 0.05) is 21.1 Å². The minimum Gasteiger partial charge on any atom is -0.268 e. The molecule has 0 spiro atoms. The third kappa shape index (κ3) is 2.27. The van der Waals surface area contributed by atoms with Crippen LogP contribution in [0.1, 0.15) is 0 Å². The van der Waals surface area contributed by atoms with E-state index in [0.717, 1.165) is 15.6 Å². The van der Waals surface area contributed by atoms with Crippen LogP contribution >= 0.6 is 27.5 Å². The molecule has 76 valence electrons. The van der Waals surface area contributed by atoms with Crippen molar-refractivity contribution in [3.8, 4) is 11.1 Å². The van der Waals surface area contributed by atoms with E-state index in [1.165, 1.54) is 6.07 Å². The minimum atomic E-state index is -0.237. The molecule has 1 aromatic carbocycles.